The van der Waals surface area contributed by atoms with E-state index in [1.807, 2.05) is 41.8 Å². The molecule has 1 fully saturated rings. The van der Waals surface area contributed by atoms with Gasteiger partial charge in [-0.15, -0.1) is 0 Å². The number of aromatic nitrogens is 2. The number of rotatable bonds is 5. The number of alkyl halides is 3. The molecule has 4 rings (SSSR count). The predicted octanol–water partition coefficient (Wildman–Crippen LogP) is 5.05. The normalized spacial score (nSPS) is 16.0. The lowest BCUT2D eigenvalue weighted by molar-refractivity contribution is -0.137. The van der Waals surface area contributed by atoms with Crippen LogP contribution in [-0.2, 0) is 12.6 Å². The van der Waals surface area contributed by atoms with E-state index in [2.05, 4.69) is 9.88 Å². The summed E-state index contributed by atoms with van der Waals surface area (Å²) in [5.74, 6) is 0. The molecule has 7 heteroatoms. The Labute approximate surface area is 179 Å². The molecule has 0 radical (unpaired) electrons. The van der Waals surface area contributed by atoms with Gasteiger partial charge >= 0.3 is 11.9 Å². The van der Waals surface area contributed by atoms with Crippen LogP contribution in [0, 0.1) is 6.92 Å². The highest BCUT2D eigenvalue weighted by atomic mass is 19.4. The lowest BCUT2D eigenvalue weighted by Crippen LogP contribution is -2.38. The van der Waals surface area contributed by atoms with E-state index in [9.17, 15) is 18.0 Å². The average Bonchev–Trinajstić information content (AvgIpc) is 3.06. The molecule has 1 N–H and O–H groups in total. The minimum atomic E-state index is -4.30. The van der Waals surface area contributed by atoms with E-state index in [-0.39, 0.29) is 11.7 Å². The molecule has 164 valence electrons. The maximum Gasteiger partial charge on any atom is 0.416 e. The molecule has 31 heavy (non-hydrogen) atoms. The molecule has 0 atom stereocenters. The van der Waals surface area contributed by atoms with Gasteiger partial charge in [0, 0.05) is 36.9 Å². The fourth-order valence-corrected chi connectivity index (χ4v) is 4.41. The Morgan fingerprint density at radius 1 is 1.00 bits per heavy atom. The van der Waals surface area contributed by atoms with Gasteiger partial charge in [-0.05, 0) is 43.9 Å². The van der Waals surface area contributed by atoms with E-state index < -0.39 is 11.7 Å². The molecule has 1 aliphatic rings. The van der Waals surface area contributed by atoms with Gasteiger partial charge in [-0.3, -0.25) is 4.57 Å². The van der Waals surface area contributed by atoms with Crippen LogP contribution in [0.25, 0.3) is 11.3 Å². The molecule has 1 aliphatic heterocycles. The van der Waals surface area contributed by atoms with Gasteiger partial charge in [0.2, 0.25) is 0 Å². The molecular weight excluding hydrogens is 403 g/mol. The summed E-state index contributed by atoms with van der Waals surface area (Å²) in [6.45, 7) is 4.44. The summed E-state index contributed by atoms with van der Waals surface area (Å²) >= 11 is 0. The number of aryl methyl sites for hydroxylation is 1. The number of hydrogen-bond donors (Lipinski definition) is 1. The summed E-state index contributed by atoms with van der Waals surface area (Å²) < 4.78 is 40.0. The number of benzene rings is 2. The van der Waals surface area contributed by atoms with E-state index in [1.54, 1.807) is 12.1 Å². The van der Waals surface area contributed by atoms with Crippen LogP contribution in [0.5, 0.6) is 0 Å². The number of piperidine rings is 1. The molecule has 4 nitrogen and oxygen atoms in total. The number of halogens is 3. The molecular formula is C24H26F3N3O. The van der Waals surface area contributed by atoms with Crippen molar-refractivity contribution in [1.82, 2.24) is 14.5 Å². The van der Waals surface area contributed by atoms with Crippen molar-refractivity contribution in [3.05, 3.63) is 81.9 Å². The zero-order valence-electron chi connectivity index (χ0n) is 17.5. The Balaban J connectivity index is 1.38. The second kappa shape index (κ2) is 8.75. The molecule has 0 saturated carbocycles. The van der Waals surface area contributed by atoms with Gasteiger partial charge < -0.3 is 9.88 Å². The third-order valence-electron chi connectivity index (χ3n) is 6.08. The number of nitrogens with zero attached hydrogens (tertiary/aromatic N) is 2. The number of H-pyrrole nitrogens is 1. The third-order valence-corrected chi connectivity index (χ3v) is 6.08. The first-order valence-corrected chi connectivity index (χ1v) is 10.6. The van der Waals surface area contributed by atoms with Crippen LogP contribution in [0.15, 0.2) is 59.4 Å². The molecule has 1 aromatic heterocycles. The minimum Gasteiger partial charge on any atom is -0.309 e. The van der Waals surface area contributed by atoms with Crippen LogP contribution in [0.2, 0.25) is 0 Å². The summed E-state index contributed by atoms with van der Waals surface area (Å²) in [5, 5.41) is 0. The van der Waals surface area contributed by atoms with Crippen LogP contribution >= 0.6 is 0 Å². The zero-order chi connectivity index (χ0) is 22.0. The van der Waals surface area contributed by atoms with Crippen molar-refractivity contribution in [1.29, 1.82) is 0 Å². The highest BCUT2D eigenvalue weighted by molar-refractivity contribution is 5.62. The van der Waals surface area contributed by atoms with Gasteiger partial charge in [-0.1, -0.05) is 42.5 Å². The highest BCUT2D eigenvalue weighted by Crippen LogP contribution is 2.30. The van der Waals surface area contributed by atoms with E-state index in [0.29, 0.717) is 6.42 Å². The van der Waals surface area contributed by atoms with E-state index >= 15 is 0 Å². The SMILES string of the molecule is Cc1[nH]c(=O)n(C2CCN(CCc3ccc(C(F)(F)F)cc3)CC2)c1-c1ccccc1. The van der Waals surface area contributed by atoms with Crippen molar-refractivity contribution in [2.45, 2.75) is 38.4 Å². The topological polar surface area (TPSA) is 41.0 Å². The highest BCUT2D eigenvalue weighted by Gasteiger charge is 2.30. The Hall–Kier alpha value is -2.80. The summed E-state index contributed by atoms with van der Waals surface area (Å²) in [4.78, 5) is 17.9. The Bertz CT molecular complexity index is 1060. The van der Waals surface area contributed by atoms with Gasteiger partial charge in [0.1, 0.15) is 0 Å². The molecule has 0 bridgehead atoms. The molecule has 0 amide bonds. The molecule has 0 unspecified atom stereocenters. The first-order valence-electron chi connectivity index (χ1n) is 10.6. The lowest BCUT2D eigenvalue weighted by Gasteiger charge is -2.33. The maximum atomic E-state index is 12.7. The van der Waals surface area contributed by atoms with Crippen molar-refractivity contribution in [3.63, 3.8) is 0 Å². The molecule has 2 heterocycles. The Morgan fingerprint density at radius 3 is 2.26 bits per heavy atom. The summed E-state index contributed by atoms with van der Waals surface area (Å²) in [6, 6.07) is 15.5. The number of hydrogen-bond acceptors (Lipinski definition) is 2. The van der Waals surface area contributed by atoms with Crippen molar-refractivity contribution < 1.29 is 13.2 Å². The zero-order valence-corrected chi connectivity index (χ0v) is 17.5. The van der Waals surface area contributed by atoms with Crippen LogP contribution in [0.4, 0.5) is 13.2 Å². The maximum absolute atomic E-state index is 12.7. The van der Waals surface area contributed by atoms with Crippen LogP contribution in [0.3, 0.4) is 0 Å². The summed E-state index contributed by atoms with van der Waals surface area (Å²) in [5.41, 5.74) is 3.08. The van der Waals surface area contributed by atoms with Crippen molar-refractivity contribution in [2.24, 2.45) is 0 Å². The smallest absolute Gasteiger partial charge is 0.309 e. The van der Waals surface area contributed by atoms with Gasteiger partial charge in [-0.25, -0.2) is 4.79 Å². The monoisotopic (exact) mass is 429 g/mol. The summed E-state index contributed by atoms with van der Waals surface area (Å²) in [7, 11) is 0. The second-order valence-corrected chi connectivity index (χ2v) is 8.16. The van der Waals surface area contributed by atoms with Gasteiger partial charge in [-0.2, -0.15) is 13.2 Å². The Kier molecular flexibility index (Phi) is 6.05. The average molecular weight is 429 g/mol. The van der Waals surface area contributed by atoms with E-state index in [1.165, 1.54) is 0 Å². The van der Waals surface area contributed by atoms with Gasteiger partial charge in [0.15, 0.2) is 0 Å². The molecule has 3 aromatic rings. The first-order chi connectivity index (χ1) is 14.8. The molecule has 2 aromatic carbocycles. The lowest BCUT2D eigenvalue weighted by atomic mass is 10.0. The fourth-order valence-electron chi connectivity index (χ4n) is 4.41. The fraction of sp³-hybridized carbons (Fsp3) is 0.375. The third kappa shape index (κ3) is 4.77. The van der Waals surface area contributed by atoms with E-state index in [0.717, 1.165) is 67.1 Å². The second-order valence-electron chi connectivity index (χ2n) is 8.16. The van der Waals surface area contributed by atoms with Gasteiger partial charge in [0.25, 0.3) is 0 Å². The Morgan fingerprint density at radius 2 is 1.65 bits per heavy atom. The van der Waals surface area contributed by atoms with Gasteiger partial charge in [0.05, 0.1) is 11.3 Å². The summed E-state index contributed by atoms with van der Waals surface area (Å²) in [6.07, 6.45) is -1.86. The van der Waals surface area contributed by atoms with Crippen molar-refractivity contribution in [2.75, 3.05) is 19.6 Å². The minimum absolute atomic E-state index is 0.0699. The van der Waals surface area contributed by atoms with E-state index in [4.69, 9.17) is 0 Å². The predicted molar refractivity (Wildman–Crippen MR) is 115 cm³/mol. The molecule has 1 saturated heterocycles. The number of likely N-dealkylation sites (tertiary alicyclic amines) is 1. The molecule has 0 spiro atoms. The first kappa shape index (κ1) is 21.4. The van der Waals surface area contributed by atoms with Crippen LogP contribution in [0.1, 0.15) is 35.7 Å². The van der Waals surface area contributed by atoms with Crippen molar-refractivity contribution in [3.8, 4) is 11.3 Å². The number of imidazole rings is 1. The largest absolute Gasteiger partial charge is 0.416 e. The van der Waals surface area contributed by atoms with Crippen LogP contribution < -0.4 is 5.69 Å². The standard InChI is InChI=1S/C24H26F3N3O/c1-17-22(19-5-3-2-4-6-19)30(23(31)28-17)21-12-15-29(16-13-21)14-11-18-7-9-20(10-8-18)24(25,26)27/h2-10,21H,11-16H2,1H3,(H,28,31). The molecule has 0 aliphatic carbocycles. The number of aromatic amines is 1. The van der Waals surface area contributed by atoms with Crippen molar-refractivity contribution >= 4 is 0 Å². The number of nitrogens with one attached hydrogen (secondary N) is 1. The quantitative estimate of drug-likeness (QED) is 0.617. The van der Waals surface area contributed by atoms with Crippen LogP contribution in [-0.4, -0.2) is 34.1 Å².